The first kappa shape index (κ1) is 14.3. The molecular weight excluding hydrogens is 335 g/mol. The fourth-order valence-electron chi connectivity index (χ4n) is 1.54. The van der Waals surface area contributed by atoms with Crippen molar-refractivity contribution >= 4 is 27.5 Å². The molecule has 0 fully saturated rings. The Morgan fingerprint density at radius 1 is 1.21 bits per heavy atom. The highest BCUT2D eigenvalue weighted by molar-refractivity contribution is 9.10. The van der Waals surface area contributed by atoms with Crippen molar-refractivity contribution in [1.82, 2.24) is 0 Å². The third kappa shape index (κ3) is 3.47. The van der Waals surface area contributed by atoms with Crippen molar-refractivity contribution in [3.63, 3.8) is 0 Å². The molecule has 0 saturated carbocycles. The van der Waals surface area contributed by atoms with Crippen LogP contribution in [0.25, 0.3) is 0 Å². The lowest BCUT2D eigenvalue weighted by Gasteiger charge is -2.11. The van der Waals surface area contributed by atoms with E-state index in [-0.39, 0.29) is 5.75 Å². The van der Waals surface area contributed by atoms with Gasteiger partial charge in [-0.3, -0.25) is 0 Å². The molecule has 1 N–H and O–H groups in total. The quantitative estimate of drug-likeness (QED) is 0.840. The smallest absolute Gasteiger partial charge is 0.166 e. The Labute approximate surface area is 123 Å². The van der Waals surface area contributed by atoms with Gasteiger partial charge in [0, 0.05) is 4.47 Å². The van der Waals surface area contributed by atoms with Crippen LogP contribution in [0.1, 0.15) is 18.6 Å². The molecule has 0 aliphatic heterocycles. The average Bonchev–Trinajstić information content (AvgIpc) is 2.34. The summed E-state index contributed by atoms with van der Waals surface area (Å²) in [6.07, 6.45) is -0.615. The molecule has 2 aromatic carbocycles. The van der Waals surface area contributed by atoms with Crippen LogP contribution in [0.4, 0.5) is 4.39 Å². The second-order valence-electron chi connectivity index (χ2n) is 4.04. The van der Waals surface area contributed by atoms with E-state index in [0.717, 1.165) is 0 Å². The number of aliphatic hydroxyl groups is 1. The first-order valence-electron chi connectivity index (χ1n) is 5.58. The standard InChI is InChI=1S/C14H11BrClFO2/c1-8(18)9-2-4-13(11(16)6-9)19-14-5-3-10(15)7-12(14)17/h2-8,18H,1H3/t8-/m0/s1. The van der Waals surface area contributed by atoms with Crippen molar-refractivity contribution in [3.05, 3.63) is 57.3 Å². The Bertz CT molecular complexity index is 602. The van der Waals surface area contributed by atoms with Gasteiger partial charge in [0.15, 0.2) is 11.6 Å². The zero-order chi connectivity index (χ0) is 14.0. The van der Waals surface area contributed by atoms with Crippen LogP contribution < -0.4 is 4.74 Å². The van der Waals surface area contributed by atoms with Gasteiger partial charge in [-0.05, 0) is 42.8 Å². The van der Waals surface area contributed by atoms with Gasteiger partial charge in [0.2, 0.25) is 0 Å². The first-order chi connectivity index (χ1) is 8.97. The van der Waals surface area contributed by atoms with Crippen LogP contribution in [-0.4, -0.2) is 5.11 Å². The molecule has 0 radical (unpaired) electrons. The second-order valence-corrected chi connectivity index (χ2v) is 5.37. The molecule has 0 amide bonds. The Morgan fingerprint density at radius 2 is 1.89 bits per heavy atom. The van der Waals surface area contributed by atoms with Crippen molar-refractivity contribution in [2.24, 2.45) is 0 Å². The highest BCUT2D eigenvalue weighted by Gasteiger charge is 2.10. The molecular formula is C14H11BrClFO2. The first-order valence-corrected chi connectivity index (χ1v) is 6.75. The predicted octanol–water partition coefficient (Wildman–Crippen LogP) is 5.09. The largest absolute Gasteiger partial charge is 0.453 e. The maximum atomic E-state index is 13.6. The molecule has 2 rings (SSSR count). The summed E-state index contributed by atoms with van der Waals surface area (Å²) in [5.41, 5.74) is 0.675. The normalized spacial score (nSPS) is 12.3. The molecule has 1 atom stereocenters. The molecule has 5 heteroatoms. The molecule has 0 spiro atoms. The number of ether oxygens (including phenoxy) is 1. The summed E-state index contributed by atoms with van der Waals surface area (Å²) in [4.78, 5) is 0. The minimum Gasteiger partial charge on any atom is -0.453 e. The van der Waals surface area contributed by atoms with Crippen molar-refractivity contribution in [2.75, 3.05) is 0 Å². The lowest BCUT2D eigenvalue weighted by Crippen LogP contribution is -1.93. The number of rotatable bonds is 3. The minimum atomic E-state index is -0.615. The Hall–Kier alpha value is -1.10. The summed E-state index contributed by atoms with van der Waals surface area (Å²) in [5, 5.41) is 9.76. The van der Waals surface area contributed by atoms with E-state index in [1.165, 1.54) is 12.1 Å². The highest BCUT2D eigenvalue weighted by atomic mass is 79.9. The van der Waals surface area contributed by atoms with E-state index in [4.69, 9.17) is 16.3 Å². The lowest BCUT2D eigenvalue weighted by atomic mass is 10.1. The van der Waals surface area contributed by atoms with E-state index in [1.807, 2.05) is 0 Å². The SMILES string of the molecule is C[C@H](O)c1ccc(Oc2ccc(Br)cc2F)c(Cl)c1. The number of halogens is 3. The third-order valence-electron chi connectivity index (χ3n) is 2.55. The average molecular weight is 346 g/mol. The van der Waals surface area contributed by atoms with Gasteiger partial charge in [-0.15, -0.1) is 0 Å². The summed E-state index contributed by atoms with van der Waals surface area (Å²) >= 11 is 9.21. The van der Waals surface area contributed by atoms with E-state index in [1.54, 1.807) is 31.2 Å². The summed E-state index contributed by atoms with van der Waals surface area (Å²) in [6, 6.07) is 9.38. The fourth-order valence-corrected chi connectivity index (χ4v) is 2.10. The van der Waals surface area contributed by atoms with Crippen molar-refractivity contribution in [2.45, 2.75) is 13.0 Å². The van der Waals surface area contributed by atoms with Crippen LogP contribution in [0.2, 0.25) is 5.02 Å². The molecule has 0 saturated heterocycles. The molecule has 0 aromatic heterocycles. The monoisotopic (exact) mass is 344 g/mol. The van der Waals surface area contributed by atoms with Gasteiger partial charge >= 0.3 is 0 Å². The molecule has 2 aromatic rings. The van der Waals surface area contributed by atoms with Crippen molar-refractivity contribution < 1.29 is 14.2 Å². The molecule has 0 bridgehead atoms. The van der Waals surface area contributed by atoms with Gasteiger partial charge < -0.3 is 9.84 Å². The Morgan fingerprint density at radius 3 is 2.47 bits per heavy atom. The lowest BCUT2D eigenvalue weighted by molar-refractivity contribution is 0.199. The Balaban J connectivity index is 2.28. The number of hydrogen-bond donors (Lipinski definition) is 1. The molecule has 0 aliphatic carbocycles. The van der Waals surface area contributed by atoms with Gasteiger partial charge in [-0.2, -0.15) is 0 Å². The van der Waals surface area contributed by atoms with Crippen LogP contribution in [0.3, 0.4) is 0 Å². The number of hydrogen-bond acceptors (Lipinski definition) is 2. The van der Waals surface area contributed by atoms with Crippen LogP contribution in [-0.2, 0) is 0 Å². The van der Waals surface area contributed by atoms with Crippen LogP contribution in [0, 0.1) is 5.82 Å². The Kier molecular flexibility index (Phi) is 4.45. The van der Waals surface area contributed by atoms with Crippen LogP contribution >= 0.6 is 27.5 Å². The molecule has 0 unspecified atom stereocenters. The van der Waals surface area contributed by atoms with Crippen molar-refractivity contribution in [1.29, 1.82) is 0 Å². The summed E-state index contributed by atoms with van der Waals surface area (Å²) in [5.74, 6) is -0.0489. The predicted molar refractivity (Wildman–Crippen MR) is 76.3 cm³/mol. The highest BCUT2D eigenvalue weighted by Crippen LogP contribution is 2.33. The number of benzene rings is 2. The van der Waals surface area contributed by atoms with Gasteiger partial charge in [0.1, 0.15) is 5.75 Å². The topological polar surface area (TPSA) is 29.5 Å². The van der Waals surface area contributed by atoms with E-state index in [9.17, 15) is 9.50 Å². The van der Waals surface area contributed by atoms with Gasteiger partial charge in [-0.1, -0.05) is 33.6 Å². The third-order valence-corrected chi connectivity index (χ3v) is 3.34. The molecule has 0 heterocycles. The number of aliphatic hydroxyl groups excluding tert-OH is 1. The van der Waals surface area contributed by atoms with Gasteiger partial charge in [0.05, 0.1) is 11.1 Å². The zero-order valence-corrected chi connectivity index (χ0v) is 12.4. The summed E-state index contributed by atoms with van der Waals surface area (Å²) in [6.45, 7) is 1.64. The van der Waals surface area contributed by atoms with Crippen molar-refractivity contribution in [3.8, 4) is 11.5 Å². The van der Waals surface area contributed by atoms with Crippen LogP contribution in [0.15, 0.2) is 40.9 Å². The van der Waals surface area contributed by atoms with Crippen LogP contribution in [0.5, 0.6) is 11.5 Å². The van der Waals surface area contributed by atoms with E-state index in [0.29, 0.717) is 20.8 Å². The maximum absolute atomic E-state index is 13.6. The summed E-state index contributed by atoms with van der Waals surface area (Å²) in [7, 11) is 0. The molecule has 100 valence electrons. The van der Waals surface area contributed by atoms with E-state index in [2.05, 4.69) is 15.9 Å². The molecule has 2 nitrogen and oxygen atoms in total. The second kappa shape index (κ2) is 5.90. The fraction of sp³-hybridized carbons (Fsp3) is 0.143. The molecule has 19 heavy (non-hydrogen) atoms. The van der Waals surface area contributed by atoms with E-state index >= 15 is 0 Å². The van der Waals surface area contributed by atoms with Gasteiger partial charge in [-0.25, -0.2) is 4.39 Å². The van der Waals surface area contributed by atoms with E-state index < -0.39 is 11.9 Å². The van der Waals surface area contributed by atoms with Gasteiger partial charge in [0.25, 0.3) is 0 Å². The molecule has 0 aliphatic rings. The minimum absolute atomic E-state index is 0.0925. The maximum Gasteiger partial charge on any atom is 0.166 e. The summed E-state index contributed by atoms with van der Waals surface area (Å²) < 4.78 is 19.7. The zero-order valence-electron chi connectivity index (χ0n) is 10.0.